The van der Waals surface area contributed by atoms with Crippen LogP contribution in [0, 0.1) is 0 Å². The first-order valence-corrected chi connectivity index (χ1v) is 7.55. The van der Waals surface area contributed by atoms with Crippen LogP contribution < -0.4 is 5.32 Å². The summed E-state index contributed by atoms with van der Waals surface area (Å²) in [6.07, 6.45) is 2.33. The van der Waals surface area contributed by atoms with Crippen LogP contribution in [0.5, 0.6) is 0 Å². The van der Waals surface area contributed by atoms with Crippen molar-refractivity contribution >= 4 is 17.3 Å². The molecule has 0 bridgehead atoms. The molecule has 0 saturated heterocycles. The van der Waals surface area contributed by atoms with Gasteiger partial charge in [-0.05, 0) is 59.0 Å². The number of rotatable bonds is 9. The number of thiophene rings is 1. The minimum Gasteiger partial charge on any atom is -0.477 e. The largest absolute Gasteiger partial charge is 0.477 e. The molecule has 0 fully saturated rings. The van der Waals surface area contributed by atoms with Crippen molar-refractivity contribution in [3.8, 4) is 0 Å². The third kappa shape index (κ3) is 6.18. The van der Waals surface area contributed by atoms with Gasteiger partial charge in [0.2, 0.25) is 0 Å². The smallest absolute Gasteiger partial charge is 0.345 e. The number of hydrogen-bond acceptors (Lipinski definition) is 4. The quantitative estimate of drug-likeness (QED) is 0.685. The topological polar surface area (TPSA) is 52.6 Å². The lowest BCUT2D eigenvalue weighted by molar-refractivity contribution is 0.0702. The molecule has 1 aromatic heterocycles. The van der Waals surface area contributed by atoms with Crippen molar-refractivity contribution in [2.24, 2.45) is 0 Å². The van der Waals surface area contributed by atoms with E-state index in [4.69, 9.17) is 5.11 Å². The van der Waals surface area contributed by atoms with Crippen molar-refractivity contribution in [2.75, 3.05) is 20.1 Å². The molecule has 0 unspecified atom stereocenters. The Morgan fingerprint density at radius 2 is 2.16 bits per heavy atom. The van der Waals surface area contributed by atoms with Gasteiger partial charge in [-0.3, -0.25) is 0 Å². The van der Waals surface area contributed by atoms with Crippen LogP contribution in [0.15, 0.2) is 12.1 Å². The van der Waals surface area contributed by atoms with Gasteiger partial charge in [0.1, 0.15) is 4.88 Å². The summed E-state index contributed by atoms with van der Waals surface area (Å²) in [7, 11) is 2.15. The number of carbonyl (C=O) groups is 1. The number of carboxylic acids is 1. The summed E-state index contributed by atoms with van der Waals surface area (Å²) in [6, 6.07) is 4.16. The second kappa shape index (κ2) is 8.30. The molecule has 1 heterocycles. The number of aromatic carboxylic acids is 1. The second-order valence-corrected chi connectivity index (χ2v) is 6.20. The van der Waals surface area contributed by atoms with Gasteiger partial charge < -0.3 is 15.3 Å². The van der Waals surface area contributed by atoms with E-state index in [1.165, 1.54) is 17.8 Å². The molecular weight excluding hydrogens is 260 g/mol. The lowest BCUT2D eigenvalue weighted by atomic mass is 10.2. The lowest BCUT2D eigenvalue weighted by Gasteiger charge is -2.20. The molecule has 0 aromatic carbocycles. The predicted octanol–water partition coefficient (Wildman–Crippen LogP) is 2.66. The molecule has 0 aliphatic carbocycles. The molecule has 0 amide bonds. The molecule has 5 heteroatoms. The first-order chi connectivity index (χ1) is 9.00. The van der Waals surface area contributed by atoms with Gasteiger partial charge in [-0.25, -0.2) is 4.79 Å². The SMILES string of the molecule is CC(C)N(C)CCCCNCc1ccc(C(=O)O)s1. The summed E-state index contributed by atoms with van der Waals surface area (Å²) >= 11 is 1.34. The Hall–Kier alpha value is -0.910. The predicted molar refractivity (Wildman–Crippen MR) is 80.0 cm³/mol. The minimum absolute atomic E-state index is 0.412. The van der Waals surface area contributed by atoms with Crippen LogP contribution in [0.25, 0.3) is 0 Å². The fourth-order valence-electron chi connectivity index (χ4n) is 1.67. The van der Waals surface area contributed by atoms with Crippen molar-refractivity contribution in [1.29, 1.82) is 0 Å². The van der Waals surface area contributed by atoms with Gasteiger partial charge in [-0.2, -0.15) is 0 Å². The molecule has 2 N–H and O–H groups in total. The number of nitrogens with one attached hydrogen (secondary N) is 1. The highest BCUT2D eigenvalue weighted by molar-refractivity contribution is 7.13. The van der Waals surface area contributed by atoms with Crippen molar-refractivity contribution in [3.63, 3.8) is 0 Å². The van der Waals surface area contributed by atoms with Crippen LogP contribution in [0.1, 0.15) is 41.2 Å². The monoisotopic (exact) mass is 284 g/mol. The lowest BCUT2D eigenvalue weighted by Crippen LogP contribution is -2.27. The number of unbranched alkanes of at least 4 members (excludes halogenated alkanes) is 1. The van der Waals surface area contributed by atoms with Crippen LogP contribution in [0.3, 0.4) is 0 Å². The van der Waals surface area contributed by atoms with Crippen molar-refractivity contribution < 1.29 is 9.90 Å². The maximum absolute atomic E-state index is 10.7. The highest BCUT2D eigenvalue weighted by Crippen LogP contribution is 2.15. The molecule has 1 aromatic rings. The first-order valence-electron chi connectivity index (χ1n) is 6.73. The average molecular weight is 284 g/mol. The van der Waals surface area contributed by atoms with E-state index in [1.807, 2.05) is 6.07 Å². The van der Waals surface area contributed by atoms with E-state index in [0.29, 0.717) is 10.9 Å². The van der Waals surface area contributed by atoms with Crippen LogP contribution in [-0.4, -0.2) is 42.2 Å². The molecule has 0 aliphatic heterocycles. The summed E-state index contributed by atoms with van der Waals surface area (Å²) in [5.74, 6) is -0.840. The van der Waals surface area contributed by atoms with Gasteiger partial charge in [0.25, 0.3) is 0 Å². The van der Waals surface area contributed by atoms with E-state index in [-0.39, 0.29) is 0 Å². The minimum atomic E-state index is -0.840. The molecule has 0 saturated carbocycles. The van der Waals surface area contributed by atoms with Crippen LogP contribution in [-0.2, 0) is 6.54 Å². The van der Waals surface area contributed by atoms with E-state index in [0.717, 1.165) is 30.9 Å². The standard InChI is InChI=1S/C14H24N2O2S/c1-11(2)16(3)9-5-4-8-15-10-12-6-7-13(19-12)14(17)18/h6-7,11,15H,4-5,8-10H2,1-3H3,(H,17,18). The summed E-state index contributed by atoms with van der Waals surface area (Å²) in [5, 5.41) is 12.2. The number of hydrogen-bond donors (Lipinski definition) is 2. The molecule has 4 nitrogen and oxygen atoms in total. The molecule has 19 heavy (non-hydrogen) atoms. The van der Waals surface area contributed by atoms with Gasteiger partial charge in [-0.15, -0.1) is 11.3 Å². The summed E-state index contributed by atoms with van der Waals surface area (Å²) in [5.41, 5.74) is 0. The Kier molecular flexibility index (Phi) is 7.05. The maximum atomic E-state index is 10.7. The highest BCUT2D eigenvalue weighted by Gasteiger charge is 2.06. The summed E-state index contributed by atoms with van der Waals surface area (Å²) < 4.78 is 0. The normalized spacial score (nSPS) is 11.4. The molecule has 0 spiro atoms. The fourth-order valence-corrected chi connectivity index (χ4v) is 2.49. The van der Waals surface area contributed by atoms with Gasteiger partial charge in [0, 0.05) is 17.5 Å². The maximum Gasteiger partial charge on any atom is 0.345 e. The second-order valence-electron chi connectivity index (χ2n) is 5.03. The van der Waals surface area contributed by atoms with Gasteiger partial charge in [0.15, 0.2) is 0 Å². The van der Waals surface area contributed by atoms with E-state index in [9.17, 15) is 4.79 Å². The van der Waals surface area contributed by atoms with E-state index >= 15 is 0 Å². The molecule has 0 atom stereocenters. The van der Waals surface area contributed by atoms with Crippen LogP contribution >= 0.6 is 11.3 Å². The van der Waals surface area contributed by atoms with Crippen molar-refractivity contribution in [1.82, 2.24) is 10.2 Å². The zero-order chi connectivity index (χ0) is 14.3. The first kappa shape index (κ1) is 16.1. The van der Waals surface area contributed by atoms with E-state index in [2.05, 4.69) is 31.1 Å². The van der Waals surface area contributed by atoms with E-state index < -0.39 is 5.97 Å². The zero-order valence-electron chi connectivity index (χ0n) is 12.0. The zero-order valence-corrected chi connectivity index (χ0v) is 12.8. The number of carboxylic acid groups (broad SMARTS) is 1. The Balaban J connectivity index is 2.09. The molecule has 0 radical (unpaired) electrons. The molecule has 0 aliphatic rings. The van der Waals surface area contributed by atoms with Gasteiger partial charge >= 0.3 is 5.97 Å². The Morgan fingerprint density at radius 1 is 1.42 bits per heavy atom. The molecule has 1 rings (SSSR count). The third-order valence-corrected chi connectivity index (χ3v) is 4.24. The Bertz CT molecular complexity index is 391. The van der Waals surface area contributed by atoms with Crippen LogP contribution in [0.4, 0.5) is 0 Å². The van der Waals surface area contributed by atoms with E-state index in [1.54, 1.807) is 6.07 Å². The van der Waals surface area contributed by atoms with Crippen molar-refractivity contribution in [3.05, 3.63) is 21.9 Å². The van der Waals surface area contributed by atoms with Gasteiger partial charge in [-0.1, -0.05) is 0 Å². The highest BCUT2D eigenvalue weighted by atomic mass is 32.1. The molecule has 108 valence electrons. The van der Waals surface area contributed by atoms with Gasteiger partial charge in [0.05, 0.1) is 0 Å². The van der Waals surface area contributed by atoms with Crippen LogP contribution in [0.2, 0.25) is 0 Å². The van der Waals surface area contributed by atoms with Crippen molar-refractivity contribution in [2.45, 2.75) is 39.3 Å². The summed E-state index contributed by atoms with van der Waals surface area (Å²) in [4.78, 5) is 14.6. The number of nitrogens with zero attached hydrogens (tertiary/aromatic N) is 1. The molecular formula is C14H24N2O2S. The third-order valence-electron chi connectivity index (χ3n) is 3.17. The Labute approximate surface area is 119 Å². The summed E-state index contributed by atoms with van der Waals surface area (Å²) in [6.45, 7) is 7.27. The fraction of sp³-hybridized carbons (Fsp3) is 0.643. The Morgan fingerprint density at radius 3 is 2.74 bits per heavy atom. The average Bonchev–Trinajstić information content (AvgIpc) is 2.82.